The standard InChI is InChI=1S/C14H14N2O3/c15-9-11-2-1-5-16(11)14(17)10-3-4-12-13(8-10)19-7-6-18-12/h3-4,8,11H,1-2,5-7H2. The number of amides is 1. The molecule has 1 unspecified atom stereocenters. The molecule has 2 aliphatic rings. The Morgan fingerprint density at radius 2 is 2.11 bits per heavy atom. The summed E-state index contributed by atoms with van der Waals surface area (Å²) in [6, 6.07) is 7.04. The molecule has 2 aliphatic heterocycles. The van der Waals surface area contributed by atoms with E-state index in [4.69, 9.17) is 14.7 Å². The lowest BCUT2D eigenvalue weighted by atomic mass is 10.1. The Balaban J connectivity index is 1.86. The van der Waals surface area contributed by atoms with Crippen LogP contribution in [0.1, 0.15) is 23.2 Å². The van der Waals surface area contributed by atoms with Crippen LogP contribution >= 0.6 is 0 Å². The average molecular weight is 258 g/mol. The summed E-state index contributed by atoms with van der Waals surface area (Å²) in [7, 11) is 0. The molecule has 1 aromatic carbocycles. The molecule has 0 N–H and O–H groups in total. The molecule has 0 radical (unpaired) electrons. The highest BCUT2D eigenvalue weighted by Gasteiger charge is 2.29. The van der Waals surface area contributed by atoms with Crippen LogP contribution in [0.4, 0.5) is 0 Å². The number of hydrogen-bond donors (Lipinski definition) is 0. The number of hydrogen-bond acceptors (Lipinski definition) is 4. The topological polar surface area (TPSA) is 62.6 Å². The number of rotatable bonds is 1. The molecule has 3 rings (SSSR count). The lowest BCUT2D eigenvalue weighted by molar-refractivity contribution is 0.0763. The van der Waals surface area contributed by atoms with Gasteiger partial charge in [-0.2, -0.15) is 5.26 Å². The Morgan fingerprint density at radius 3 is 2.89 bits per heavy atom. The summed E-state index contributed by atoms with van der Waals surface area (Å²) in [5.74, 6) is 1.16. The van der Waals surface area contributed by atoms with Gasteiger partial charge in [-0.3, -0.25) is 4.79 Å². The van der Waals surface area contributed by atoms with Gasteiger partial charge in [0.05, 0.1) is 6.07 Å². The van der Waals surface area contributed by atoms with Crippen molar-refractivity contribution in [2.75, 3.05) is 19.8 Å². The number of likely N-dealkylation sites (tertiary alicyclic amines) is 1. The third-order valence-electron chi connectivity index (χ3n) is 3.45. The highest BCUT2D eigenvalue weighted by molar-refractivity contribution is 5.95. The first-order valence-electron chi connectivity index (χ1n) is 6.40. The molecule has 1 atom stereocenters. The molecule has 0 bridgehead atoms. The quantitative estimate of drug-likeness (QED) is 0.767. The van der Waals surface area contributed by atoms with Crippen LogP contribution in [-0.2, 0) is 0 Å². The van der Waals surface area contributed by atoms with Gasteiger partial charge in [0.2, 0.25) is 0 Å². The van der Waals surface area contributed by atoms with Crippen molar-refractivity contribution >= 4 is 5.91 Å². The minimum absolute atomic E-state index is 0.110. The van der Waals surface area contributed by atoms with E-state index >= 15 is 0 Å². The van der Waals surface area contributed by atoms with Crippen LogP contribution < -0.4 is 9.47 Å². The van der Waals surface area contributed by atoms with E-state index in [0.717, 1.165) is 12.8 Å². The van der Waals surface area contributed by atoms with E-state index in [1.807, 2.05) is 0 Å². The minimum atomic E-state index is -0.305. The number of nitrogens with zero attached hydrogens (tertiary/aromatic N) is 2. The summed E-state index contributed by atoms with van der Waals surface area (Å²) in [4.78, 5) is 14.0. The number of benzene rings is 1. The number of nitriles is 1. The Morgan fingerprint density at radius 1 is 1.32 bits per heavy atom. The van der Waals surface area contributed by atoms with Gasteiger partial charge in [-0.05, 0) is 31.0 Å². The first-order valence-corrected chi connectivity index (χ1v) is 6.40. The molecular weight excluding hydrogens is 244 g/mol. The van der Waals surface area contributed by atoms with E-state index in [1.165, 1.54) is 0 Å². The molecular formula is C14H14N2O3. The molecule has 1 aromatic rings. The van der Waals surface area contributed by atoms with Crippen LogP contribution in [0.3, 0.4) is 0 Å². The molecule has 1 fully saturated rings. The van der Waals surface area contributed by atoms with Crippen molar-refractivity contribution in [3.8, 4) is 17.6 Å². The second kappa shape index (κ2) is 4.81. The van der Waals surface area contributed by atoms with Gasteiger partial charge in [0.15, 0.2) is 11.5 Å². The monoisotopic (exact) mass is 258 g/mol. The van der Waals surface area contributed by atoms with E-state index in [2.05, 4.69) is 6.07 Å². The summed E-state index contributed by atoms with van der Waals surface area (Å²) in [6.45, 7) is 1.67. The van der Waals surface area contributed by atoms with Gasteiger partial charge >= 0.3 is 0 Å². The highest BCUT2D eigenvalue weighted by Crippen LogP contribution is 2.31. The van der Waals surface area contributed by atoms with Gasteiger partial charge < -0.3 is 14.4 Å². The SMILES string of the molecule is N#CC1CCCN1C(=O)c1ccc2c(c1)OCCO2. The molecule has 0 saturated carbocycles. The molecule has 5 heteroatoms. The highest BCUT2D eigenvalue weighted by atomic mass is 16.6. The smallest absolute Gasteiger partial charge is 0.255 e. The maximum atomic E-state index is 12.4. The summed E-state index contributed by atoms with van der Waals surface area (Å²) in [5, 5.41) is 9.04. The molecule has 5 nitrogen and oxygen atoms in total. The zero-order valence-corrected chi connectivity index (χ0v) is 10.5. The number of carbonyl (C=O) groups is 1. The molecule has 0 aromatic heterocycles. The molecule has 2 heterocycles. The lowest BCUT2D eigenvalue weighted by Gasteiger charge is -2.22. The van der Waals surface area contributed by atoms with E-state index in [0.29, 0.717) is 36.8 Å². The first-order chi connectivity index (χ1) is 9.29. The van der Waals surface area contributed by atoms with Gasteiger partial charge in [0.1, 0.15) is 19.3 Å². The van der Waals surface area contributed by atoms with Crippen molar-refractivity contribution in [3.05, 3.63) is 23.8 Å². The van der Waals surface area contributed by atoms with Crippen molar-refractivity contribution in [1.29, 1.82) is 5.26 Å². The Labute approximate surface area is 111 Å². The molecule has 0 spiro atoms. The van der Waals surface area contributed by atoms with Crippen molar-refractivity contribution in [2.45, 2.75) is 18.9 Å². The Kier molecular flexibility index (Phi) is 3.00. The molecule has 19 heavy (non-hydrogen) atoms. The summed E-state index contributed by atoms with van der Waals surface area (Å²) in [5.41, 5.74) is 0.548. The maximum absolute atomic E-state index is 12.4. The number of ether oxygens (including phenoxy) is 2. The van der Waals surface area contributed by atoms with Gasteiger partial charge in [-0.15, -0.1) is 0 Å². The fraction of sp³-hybridized carbons (Fsp3) is 0.429. The van der Waals surface area contributed by atoms with E-state index in [9.17, 15) is 4.79 Å². The lowest BCUT2D eigenvalue weighted by Crippen LogP contribution is -2.34. The number of carbonyl (C=O) groups excluding carboxylic acids is 1. The van der Waals surface area contributed by atoms with Crippen LogP contribution in [0.25, 0.3) is 0 Å². The molecule has 1 amide bonds. The van der Waals surface area contributed by atoms with Gasteiger partial charge in [0.25, 0.3) is 5.91 Å². The van der Waals surface area contributed by atoms with Crippen molar-refractivity contribution in [1.82, 2.24) is 4.90 Å². The minimum Gasteiger partial charge on any atom is -0.486 e. The van der Waals surface area contributed by atoms with Crippen LogP contribution in [0.15, 0.2) is 18.2 Å². The average Bonchev–Trinajstić information content (AvgIpc) is 2.94. The normalized spacial score (nSPS) is 21.0. The zero-order valence-electron chi connectivity index (χ0n) is 10.5. The third-order valence-corrected chi connectivity index (χ3v) is 3.45. The summed E-state index contributed by atoms with van der Waals surface area (Å²) in [6.07, 6.45) is 1.64. The van der Waals surface area contributed by atoms with Crippen LogP contribution in [-0.4, -0.2) is 36.6 Å². The van der Waals surface area contributed by atoms with E-state index < -0.39 is 0 Å². The van der Waals surface area contributed by atoms with Crippen LogP contribution in [0, 0.1) is 11.3 Å². The van der Waals surface area contributed by atoms with Gasteiger partial charge in [0, 0.05) is 12.1 Å². The Bertz CT molecular complexity index is 550. The molecule has 1 saturated heterocycles. The van der Waals surface area contributed by atoms with Crippen molar-refractivity contribution < 1.29 is 14.3 Å². The van der Waals surface area contributed by atoms with E-state index in [-0.39, 0.29) is 11.9 Å². The van der Waals surface area contributed by atoms with Gasteiger partial charge in [-0.1, -0.05) is 0 Å². The van der Waals surface area contributed by atoms with E-state index in [1.54, 1.807) is 23.1 Å². The fourth-order valence-corrected chi connectivity index (χ4v) is 2.49. The maximum Gasteiger partial charge on any atom is 0.255 e. The number of fused-ring (bicyclic) bond motifs is 1. The predicted octanol–water partition coefficient (Wildman–Crippen LogP) is 1.59. The third kappa shape index (κ3) is 2.10. The second-order valence-electron chi connectivity index (χ2n) is 4.64. The van der Waals surface area contributed by atoms with Crippen LogP contribution in [0.5, 0.6) is 11.5 Å². The largest absolute Gasteiger partial charge is 0.486 e. The Hall–Kier alpha value is -2.22. The molecule has 98 valence electrons. The molecule has 0 aliphatic carbocycles. The fourth-order valence-electron chi connectivity index (χ4n) is 2.49. The van der Waals surface area contributed by atoms with Gasteiger partial charge in [-0.25, -0.2) is 0 Å². The second-order valence-corrected chi connectivity index (χ2v) is 4.64. The first kappa shape index (κ1) is 11.8. The van der Waals surface area contributed by atoms with Crippen LogP contribution in [0.2, 0.25) is 0 Å². The summed E-state index contributed by atoms with van der Waals surface area (Å²) >= 11 is 0. The van der Waals surface area contributed by atoms with Crippen molar-refractivity contribution in [2.24, 2.45) is 0 Å². The van der Waals surface area contributed by atoms with Crippen molar-refractivity contribution in [3.63, 3.8) is 0 Å². The predicted molar refractivity (Wildman–Crippen MR) is 67.1 cm³/mol. The summed E-state index contributed by atoms with van der Waals surface area (Å²) < 4.78 is 10.9. The zero-order chi connectivity index (χ0) is 13.2.